The molecule has 2 aromatic rings. The summed E-state index contributed by atoms with van der Waals surface area (Å²) in [5.74, 6) is -0.469. The second-order valence-corrected chi connectivity index (χ2v) is 7.17. The maximum atomic E-state index is 12.1. The second-order valence-electron chi connectivity index (χ2n) is 4.33. The van der Waals surface area contributed by atoms with E-state index in [4.69, 9.17) is 9.11 Å². The van der Waals surface area contributed by atoms with Crippen LogP contribution in [0.1, 0.15) is 17.3 Å². The minimum absolute atomic E-state index is 0. The van der Waals surface area contributed by atoms with E-state index in [-0.39, 0.29) is 51.9 Å². The molecule has 118 valence electrons. The fraction of sp³-hybridized carbons (Fsp3) is 0. The number of carbonyl (C=O) groups is 1. The van der Waals surface area contributed by atoms with Gasteiger partial charge in [-0.25, -0.2) is 0 Å². The Hall–Kier alpha value is -1.07. The van der Waals surface area contributed by atoms with E-state index < -0.39 is 26.0 Å². The van der Waals surface area contributed by atoms with Gasteiger partial charge in [-0.3, -0.25) is 13.9 Å². The first-order chi connectivity index (χ1) is 10.1. The van der Waals surface area contributed by atoms with Crippen molar-refractivity contribution in [3.63, 3.8) is 0 Å². The van der Waals surface area contributed by atoms with Gasteiger partial charge in [0, 0.05) is 11.1 Å². The van der Waals surface area contributed by atoms with Crippen LogP contribution in [0.15, 0.2) is 58.3 Å². The van der Waals surface area contributed by atoms with Crippen molar-refractivity contribution < 1.29 is 61.7 Å². The van der Waals surface area contributed by atoms with E-state index in [1.807, 2.05) is 0 Å². The molecule has 0 aliphatic carbocycles. The molecule has 0 spiro atoms. The predicted octanol–water partition coefficient (Wildman–Crippen LogP) is -1.47. The molecule has 0 saturated carbocycles. The van der Waals surface area contributed by atoms with Gasteiger partial charge >= 0.3 is 29.6 Å². The van der Waals surface area contributed by atoms with Crippen LogP contribution < -0.4 is 29.6 Å². The van der Waals surface area contributed by atoms with Gasteiger partial charge < -0.3 is 1.43 Å². The first kappa shape index (κ1) is 20.0. The SMILES string of the molecule is O=C(c1ccc(S(=O)(=O)O)cc1)c1ccc(S(=O)(=O)O)cc1.[H-].[Na+]. The monoisotopic (exact) mass is 366 g/mol. The fourth-order valence-electron chi connectivity index (χ4n) is 1.72. The summed E-state index contributed by atoms with van der Waals surface area (Å²) in [6.45, 7) is 0. The average Bonchev–Trinajstić information content (AvgIpc) is 2.45. The molecule has 0 aromatic heterocycles. The van der Waals surface area contributed by atoms with Gasteiger partial charge in [-0.15, -0.1) is 0 Å². The number of hydrogen-bond donors (Lipinski definition) is 2. The summed E-state index contributed by atoms with van der Waals surface area (Å²) in [6, 6.07) is 9.21. The summed E-state index contributed by atoms with van der Waals surface area (Å²) in [5, 5.41) is 0. The predicted molar refractivity (Wildman–Crippen MR) is 77.1 cm³/mol. The molecule has 0 amide bonds. The number of benzene rings is 2. The zero-order chi connectivity index (χ0) is 16.5. The molecule has 23 heavy (non-hydrogen) atoms. The first-order valence-corrected chi connectivity index (χ1v) is 8.67. The van der Waals surface area contributed by atoms with E-state index in [0.717, 1.165) is 24.3 Å². The van der Waals surface area contributed by atoms with E-state index in [1.165, 1.54) is 24.3 Å². The van der Waals surface area contributed by atoms with Crippen LogP contribution in [0.4, 0.5) is 0 Å². The third kappa shape index (κ3) is 4.95. The Morgan fingerprint density at radius 1 is 0.696 bits per heavy atom. The maximum Gasteiger partial charge on any atom is 1.00 e. The Bertz CT molecular complexity index is 844. The van der Waals surface area contributed by atoms with Gasteiger partial charge in [0.25, 0.3) is 20.2 Å². The van der Waals surface area contributed by atoms with Crippen LogP contribution in [0.25, 0.3) is 0 Å². The van der Waals surface area contributed by atoms with Crippen molar-refractivity contribution in [3.8, 4) is 0 Å². The Morgan fingerprint density at radius 3 is 1.17 bits per heavy atom. The molecule has 0 fully saturated rings. The van der Waals surface area contributed by atoms with Crippen molar-refractivity contribution in [1.82, 2.24) is 0 Å². The zero-order valence-corrected chi connectivity index (χ0v) is 15.5. The molecule has 0 atom stereocenters. The third-order valence-corrected chi connectivity index (χ3v) is 4.56. The summed E-state index contributed by atoms with van der Waals surface area (Å²) in [4.78, 5) is 11.5. The van der Waals surface area contributed by atoms with Crippen LogP contribution in [0.2, 0.25) is 0 Å². The largest absolute Gasteiger partial charge is 1.00 e. The number of ketones is 1. The van der Waals surface area contributed by atoms with E-state index in [2.05, 4.69) is 0 Å². The Labute approximate surface area is 156 Å². The van der Waals surface area contributed by atoms with Gasteiger partial charge in [-0.05, 0) is 48.5 Å². The van der Waals surface area contributed by atoms with Crippen molar-refractivity contribution in [2.24, 2.45) is 0 Å². The van der Waals surface area contributed by atoms with E-state index in [0.29, 0.717) is 0 Å². The van der Waals surface area contributed by atoms with Gasteiger partial charge in [0.15, 0.2) is 5.78 Å². The zero-order valence-electron chi connectivity index (χ0n) is 12.9. The summed E-state index contributed by atoms with van der Waals surface area (Å²) in [6.07, 6.45) is 0. The summed E-state index contributed by atoms with van der Waals surface area (Å²) in [5.41, 5.74) is 0.319. The van der Waals surface area contributed by atoms with E-state index in [1.54, 1.807) is 0 Å². The minimum Gasteiger partial charge on any atom is -1.00 e. The Kier molecular flexibility index (Phi) is 6.27. The second kappa shape index (κ2) is 7.22. The first-order valence-electron chi connectivity index (χ1n) is 5.79. The number of carbonyl (C=O) groups excluding carboxylic acids is 1. The smallest absolute Gasteiger partial charge is 1.00 e. The quantitative estimate of drug-likeness (QED) is 0.384. The minimum atomic E-state index is -4.34. The van der Waals surface area contributed by atoms with Crippen molar-refractivity contribution in [1.29, 1.82) is 0 Å². The van der Waals surface area contributed by atoms with Crippen molar-refractivity contribution in [2.45, 2.75) is 9.79 Å². The molecular weight excluding hydrogens is 355 g/mol. The number of rotatable bonds is 4. The maximum absolute atomic E-state index is 12.1. The van der Waals surface area contributed by atoms with Crippen LogP contribution in [-0.2, 0) is 20.2 Å². The molecule has 0 unspecified atom stereocenters. The fourth-order valence-corrected chi connectivity index (χ4v) is 2.68. The van der Waals surface area contributed by atoms with Crippen molar-refractivity contribution >= 4 is 26.0 Å². The molecule has 10 heteroatoms. The Morgan fingerprint density at radius 2 is 0.957 bits per heavy atom. The van der Waals surface area contributed by atoms with Crippen molar-refractivity contribution in [2.75, 3.05) is 0 Å². The number of hydrogen-bond acceptors (Lipinski definition) is 5. The molecular formula is C13H11NaO7S2. The molecule has 2 rings (SSSR count). The summed E-state index contributed by atoms with van der Waals surface area (Å²) in [7, 11) is -8.68. The van der Waals surface area contributed by atoms with Crippen molar-refractivity contribution in [3.05, 3.63) is 59.7 Å². The van der Waals surface area contributed by atoms with Gasteiger partial charge in [-0.2, -0.15) is 16.8 Å². The third-order valence-electron chi connectivity index (χ3n) is 2.83. The summed E-state index contributed by atoms with van der Waals surface area (Å²) >= 11 is 0. The molecule has 7 nitrogen and oxygen atoms in total. The molecule has 0 aliphatic rings. The van der Waals surface area contributed by atoms with E-state index >= 15 is 0 Å². The summed E-state index contributed by atoms with van der Waals surface area (Å²) < 4.78 is 61.3. The molecule has 0 radical (unpaired) electrons. The molecule has 0 heterocycles. The van der Waals surface area contributed by atoms with Crippen LogP contribution in [0, 0.1) is 0 Å². The van der Waals surface area contributed by atoms with Gasteiger partial charge in [0.1, 0.15) is 0 Å². The molecule has 0 saturated heterocycles. The van der Waals surface area contributed by atoms with Crippen LogP contribution in [0.3, 0.4) is 0 Å². The molecule has 0 aliphatic heterocycles. The van der Waals surface area contributed by atoms with Crippen LogP contribution >= 0.6 is 0 Å². The molecule has 2 N–H and O–H groups in total. The topological polar surface area (TPSA) is 126 Å². The molecule has 2 aromatic carbocycles. The molecule has 0 bridgehead atoms. The van der Waals surface area contributed by atoms with Gasteiger partial charge in [-0.1, -0.05) is 0 Å². The van der Waals surface area contributed by atoms with Gasteiger partial charge in [0.05, 0.1) is 9.79 Å². The average molecular weight is 366 g/mol. The Balaban J connectivity index is 0.00000264. The normalized spacial score (nSPS) is 11.6. The van der Waals surface area contributed by atoms with Crippen LogP contribution in [0.5, 0.6) is 0 Å². The van der Waals surface area contributed by atoms with E-state index in [9.17, 15) is 21.6 Å². The van der Waals surface area contributed by atoms with Gasteiger partial charge in [0.2, 0.25) is 0 Å². The van der Waals surface area contributed by atoms with Crippen LogP contribution in [-0.4, -0.2) is 31.7 Å². The standard InChI is InChI=1S/C13H10O7S2.Na.H/c14-13(9-1-5-11(6-2-9)21(15,16)17)10-3-7-12(8-4-10)22(18,19)20;;/h1-8H,(H,15,16,17)(H,18,19,20);;/q;+1;-1.